The Labute approximate surface area is 86.2 Å². The Hall–Kier alpha value is -1.11. The number of carbonyl (C=O) groups is 1. The second-order valence-corrected chi connectivity index (χ2v) is 4.29. The maximum absolute atomic E-state index is 12.1. The van der Waals surface area contributed by atoms with E-state index in [2.05, 4.69) is 12.7 Å². The summed E-state index contributed by atoms with van der Waals surface area (Å²) in [6, 6.07) is 0. The number of hydrogen-bond donors (Lipinski definition) is 0. The van der Waals surface area contributed by atoms with Crippen molar-refractivity contribution in [2.24, 2.45) is 5.41 Å². The summed E-state index contributed by atoms with van der Waals surface area (Å²) >= 11 is 0. The molecule has 0 saturated heterocycles. The van der Waals surface area contributed by atoms with Crippen molar-refractivity contribution in [1.29, 1.82) is 0 Å². The van der Waals surface area contributed by atoms with Crippen LogP contribution in [-0.2, 0) is 4.79 Å². The first-order chi connectivity index (χ1) is 6.43. The van der Waals surface area contributed by atoms with Crippen molar-refractivity contribution < 1.29 is 4.79 Å². The predicted octanol–water partition coefficient (Wildman–Crippen LogP) is 3.43. The first kappa shape index (κ1) is 11.0. The van der Waals surface area contributed by atoms with Crippen molar-refractivity contribution >= 4 is 5.78 Å². The van der Waals surface area contributed by atoms with E-state index in [-0.39, 0.29) is 11.2 Å². The third-order valence-corrected chi connectivity index (χ3v) is 3.29. The first-order valence-corrected chi connectivity index (χ1v) is 4.95. The summed E-state index contributed by atoms with van der Waals surface area (Å²) in [6.07, 6.45) is 4.65. The smallest absolute Gasteiger partial charge is 0.169 e. The molecule has 0 N–H and O–H groups in total. The number of rotatable bonds is 2. The van der Waals surface area contributed by atoms with Crippen molar-refractivity contribution in [3.05, 3.63) is 35.5 Å². The van der Waals surface area contributed by atoms with Crippen LogP contribution in [0.1, 0.15) is 34.1 Å². The SMILES string of the molecule is C=CCC1(C)C(=O)C(C)=C(C)C=C1C. The number of hydrogen-bond acceptors (Lipinski definition) is 1. The zero-order valence-electron chi connectivity index (χ0n) is 9.48. The lowest BCUT2D eigenvalue weighted by Gasteiger charge is -2.32. The van der Waals surface area contributed by atoms with Crippen LogP contribution in [0.5, 0.6) is 0 Å². The van der Waals surface area contributed by atoms with E-state index in [1.165, 1.54) is 0 Å². The van der Waals surface area contributed by atoms with Gasteiger partial charge < -0.3 is 0 Å². The van der Waals surface area contributed by atoms with Gasteiger partial charge in [-0.05, 0) is 45.3 Å². The fraction of sp³-hybridized carbons (Fsp3) is 0.462. The lowest BCUT2D eigenvalue weighted by atomic mass is 9.70. The van der Waals surface area contributed by atoms with Gasteiger partial charge in [-0.3, -0.25) is 4.79 Å². The maximum Gasteiger partial charge on any atom is 0.169 e. The third-order valence-electron chi connectivity index (χ3n) is 3.29. The molecule has 1 nitrogen and oxygen atoms in total. The summed E-state index contributed by atoms with van der Waals surface area (Å²) in [4.78, 5) is 12.1. The van der Waals surface area contributed by atoms with Gasteiger partial charge in [0.1, 0.15) is 0 Å². The quantitative estimate of drug-likeness (QED) is 0.610. The summed E-state index contributed by atoms with van der Waals surface area (Å²) in [5.74, 6) is 0.245. The van der Waals surface area contributed by atoms with Gasteiger partial charge in [0.25, 0.3) is 0 Å². The molecule has 0 aromatic rings. The third kappa shape index (κ3) is 1.47. The van der Waals surface area contributed by atoms with Gasteiger partial charge in [0.15, 0.2) is 5.78 Å². The topological polar surface area (TPSA) is 17.1 Å². The van der Waals surface area contributed by atoms with Crippen molar-refractivity contribution in [3.63, 3.8) is 0 Å². The van der Waals surface area contributed by atoms with E-state index in [0.29, 0.717) is 0 Å². The summed E-state index contributed by atoms with van der Waals surface area (Å²) in [7, 11) is 0. The van der Waals surface area contributed by atoms with Crippen LogP contribution in [0.15, 0.2) is 35.5 Å². The molecule has 0 aromatic carbocycles. The lowest BCUT2D eigenvalue weighted by molar-refractivity contribution is -0.122. The second kappa shape index (κ2) is 3.56. The van der Waals surface area contributed by atoms with Crippen LogP contribution in [0.2, 0.25) is 0 Å². The molecule has 1 rings (SSSR count). The van der Waals surface area contributed by atoms with E-state index in [1.54, 1.807) is 0 Å². The Kier molecular flexibility index (Phi) is 2.79. The first-order valence-electron chi connectivity index (χ1n) is 4.95. The minimum Gasteiger partial charge on any atom is -0.294 e. The zero-order chi connectivity index (χ0) is 10.9. The fourth-order valence-corrected chi connectivity index (χ4v) is 1.91. The monoisotopic (exact) mass is 190 g/mol. The van der Waals surface area contributed by atoms with Crippen LogP contribution in [0, 0.1) is 5.41 Å². The Morgan fingerprint density at radius 2 is 2.00 bits per heavy atom. The summed E-state index contributed by atoms with van der Waals surface area (Å²) in [6.45, 7) is 11.6. The van der Waals surface area contributed by atoms with E-state index in [1.807, 2.05) is 33.8 Å². The highest BCUT2D eigenvalue weighted by molar-refractivity contribution is 6.03. The molecule has 14 heavy (non-hydrogen) atoms. The molecule has 1 aliphatic rings. The van der Waals surface area contributed by atoms with Gasteiger partial charge in [-0.15, -0.1) is 6.58 Å². The summed E-state index contributed by atoms with van der Waals surface area (Å²) in [5.41, 5.74) is 2.77. The molecule has 1 heteroatoms. The summed E-state index contributed by atoms with van der Waals surface area (Å²) in [5, 5.41) is 0. The average molecular weight is 190 g/mol. The second-order valence-electron chi connectivity index (χ2n) is 4.29. The van der Waals surface area contributed by atoms with E-state index >= 15 is 0 Å². The molecular weight excluding hydrogens is 172 g/mol. The van der Waals surface area contributed by atoms with Gasteiger partial charge in [0.05, 0.1) is 5.41 Å². The van der Waals surface area contributed by atoms with Crippen molar-refractivity contribution in [2.75, 3.05) is 0 Å². The molecule has 1 unspecified atom stereocenters. The molecule has 76 valence electrons. The number of ketones is 1. The molecule has 0 radical (unpaired) electrons. The predicted molar refractivity (Wildman–Crippen MR) is 60.1 cm³/mol. The number of allylic oxidation sites excluding steroid dienone is 5. The molecule has 0 aliphatic heterocycles. The number of Topliss-reactive ketones (excluding diaryl/α,β-unsaturated/α-hetero) is 1. The highest BCUT2D eigenvalue weighted by Gasteiger charge is 2.37. The Morgan fingerprint density at radius 3 is 2.50 bits per heavy atom. The van der Waals surface area contributed by atoms with E-state index in [0.717, 1.165) is 23.1 Å². The van der Waals surface area contributed by atoms with E-state index < -0.39 is 0 Å². The van der Waals surface area contributed by atoms with Crippen molar-refractivity contribution in [2.45, 2.75) is 34.1 Å². The van der Waals surface area contributed by atoms with Crippen LogP contribution in [0.25, 0.3) is 0 Å². The van der Waals surface area contributed by atoms with Gasteiger partial charge in [-0.2, -0.15) is 0 Å². The van der Waals surface area contributed by atoms with E-state index in [4.69, 9.17) is 0 Å². The van der Waals surface area contributed by atoms with Gasteiger partial charge in [0, 0.05) is 0 Å². The fourth-order valence-electron chi connectivity index (χ4n) is 1.91. The molecule has 1 aliphatic carbocycles. The average Bonchev–Trinajstić information content (AvgIpc) is 2.13. The molecule has 0 saturated carbocycles. The standard InChI is InChI=1S/C13H18O/c1-6-7-13(5)10(3)8-9(2)11(4)12(13)14/h6,8H,1,7H2,2-5H3. The highest BCUT2D eigenvalue weighted by atomic mass is 16.1. The van der Waals surface area contributed by atoms with Crippen LogP contribution in [0.4, 0.5) is 0 Å². The Morgan fingerprint density at radius 1 is 1.43 bits per heavy atom. The number of carbonyl (C=O) groups excluding carboxylic acids is 1. The minimum absolute atomic E-state index is 0.245. The van der Waals surface area contributed by atoms with Crippen molar-refractivity contribution in [3.8, 4) is 0 Å². The normalized spacial score (nSPS) is 27.7. The maximum atomic E-state index is 12.1. The van der Waals surface area contributed by atoms with E-state index in [9.17, 15) is 4.79 Å². The molecule has 0 aromatic heterocycles. The molecular formula is C13H18O. The molecule has 0 fully saturated rings. The van der Waals surface area contributed by atoms with Gasteiger partial charge in [0.2, 0.25) is 0 Å². The van der Waals surface area contributed by atoms with Crippen LogP contribution >= 0.6 is 0 Å². The van der Waals surface area contributed by atoms with Crippen LogP contribution < -0.4 is 0 Å². The van der Waals surface area contributed by atoms with Crippen LogP contribution in [-0.4, -0.2) is 5.78 Å². The molecule has 0 bridgehead atoms. The molecule has 0 heterocycles. The molecule has 0 spiro atoms. The zero-order valence-corrected chi connectivity index (χ0v) is 9.48. The van der Waals surface area contributed by atoms with Crippen LogP contribution in [0.3, 0.4) is 0 Å². The van der Waals surface area contributed by atoms with Gasteiger partial charge >= 0.3 is 0 Å². The van der Waals surface area contributed by atoms with Gasteiger partial charge in [-0.1, -0.05) is 17.7 Å². The Balaban J connectivity index is 3.22. The van der Waals surface area contributed by atoms with Crippen molar-refractivity contribution in [1.82, 2.24) is 0 Å². The molecule has 1 atom stereocenters. The highest BCUT2D eigenvalue weighted by Crippen LogP contribution is 2.39. The Bertz CT molecular complexity index is 340. The minimum atomic E-state index is -0.356. The molecule has 0 amide bonds. The lowest BCUT2D eigenvalue weighted by Crippen LogP contribution is -2.32. The largest absolute Gasteiger partial charge is 0.294 e. The summed E-state index contributed by atoms with van der Waals surface area (Å²) < 4.78 is 0. The van der Waals surface area contributed by atoms with Gasteiger partial charge in [-0.25, -0.2) is 0 Å².